The van der Waals surface area contributed by atoms with Crippen molar-refractivity contribution in [1.29, 1.82) is 0 Å². The Balaban J connectivity index is 1.95. The summed E-state index contributed by atoms with van der Waals surface area (Å²) in [4.78, 5) is 10.9. The molecule has 0 aromatic carbocycles. The zero-order valence-electron chi connectivity index (χ0n) is 12.4. The van der Waals surface area contributed by atoms with E-state index in [1.807, 2.05) is 22.5 Å². The van der Waals surface area contributed by atoms with Gasteiger partial charge in [-0.25, -0.2) is 4.98 Å². The van der Waals surface area contributed by atoms with E-state index in [-0.39, 0.29) is 0 Å². The smallest absolute Gasteiger partial charge is 0.223 e. The predicted molar refractivity (Wildman–Crippen MR) is 78.1 cm³/mol. The molecule has 7 nitrogen and oxygen atoms in total. The molecule has 0 atom stereocenters. The minimum absolute atomic E-state index is 0.557. The first-order valence-corrected chi connectivity index (χ1v) is 7.01. The molecule has 0 unspecified atom stereocenters. The molecule has 3 heterocycles. The number of aryl methyl sites for hydroxylation is 2. The molecule has 3 aromatic rings. The van der Waals surface area contributed by atoms with Crippen molar-refractivity contribution in [2.75, 3.05) is 11.9 Å². The molecule has 3 rings (SSSR count). The van der Waals surface area contributed by atoms with Crippen molar-refractivity contribution in [2.45, 2.75) is 33.2 Å². The molecule has 0 amide bonds. The van der Waals surface area contributed by atoms with Crippen molar-refractivity contribution >= 4 is 11.5 Å². The van der Waals surface area contributed by atoms with Crippen molar-refractivity contribution in [3.05, 3.63) is 35.7 Å². The molecule has 0 saturated heterocycles. The number of aromatic nitrogens is 5. The Morgan fingerprint density at radius 2 is 2.19 bits per heavy atom. The van der Waals surface area contributed by atoms with Gasteiger partial charge in [0.1, 0.15) is 5.82 Å². The highest BCUT2D eigenvalue weighted by molar-refractivity contribution is 5.50. The van der Waals surface area contributed by atoms with Crippen LogP contribution < -0.4 is 4.90 Å². The molecule has 21 heavy (non-hydrogen) atoms. The summed E-state index contributed by atoms with van der Waals surface area (Å²) in [6.45, 7) is 4.49. The lowest BCUT2D eigenvalue weighted by molar-refractivity contribution is 0.387. The number of anilines is 1. The van der Waals surface area contributed by atoms with Crippen LogP contribution in [0.1, 0.15) is 30.8 Å². The van der Waals surface area contributed by atoms with Gasteiger partial charge in [-0.3, -0.25) is 0 Å². The van der Waals surface area contributed by atoms with Gasteiger partial charge in [0.15, 0.2) is 11.5 Å². The highest BCUT2D eigenvalue weighted by Gasteiger charge is 2.13. The van der Waals surface area contributed by atoms with E-state index in [0.29, 0.717) is 18.3 Å². The summed E-state index contributed by atoms with van der Waals surface area (Å²) in [7, 11) is 1.98. The molecule has 0 aliphatic rings. The normalized spacial score (nSPS) is 11.2. The first kappa shape index (κ1) is 13.5. The first-order chi connectivity index (χ1) is 10.2. The monoisotopic (exact) mass is 286 g/mol. The Bertz CT molecular complexity index is 747. The first-order valence-electron chi connectivity index (χ1n) is 7.01. The zero-order chi connectivity index (χ0) is 14.8. The van der Waals surface area contributed by atoms with E-state index in [4.69, 9.17) is 4.52 Å². The second kappa shape index (κ2) is 5.51. The SMILES string of the molecule is CCCc1cc(N(C)Cc2noc(C)n2)n2nccc2n1. The predicted octanol–water partition coefficient (Wildman–Crippen LogP) is 2.01. The van der Waals surface area contributed by atoms with Crippen LogP contribution in [-0.2, 0) is 13.0 Å². The van der Waals surface area contributed by atoms with Crippen LogP contribution in [0.4, 0.5) is 5.82 Å². The van der Waals surface area contributed by atoms with E-state index in [2.05, 4.69) is 33.2 Å². The van der Waals surface area contributed by atoms with Crippen molar-refractivity contribution < 1.29 is 4.52 Å². The van der Waals surface area contributed by atoms with Gasteiger partial charge in [0.2, 0.25) is 5.89 Å². The second-order valence-electron chi connectivity index (χ2n) is 5.04. The third kappa shape index (κ3) is 2.72. The average molecular weight is 286 g/mol. The van der Waals surface area contributed by atoms with E-state index < -0.39 is 0 Å². The lowest BCUT2D eigenvalue weighted by atomic mass is 10.2. The largest absolute Gasteiger partial charge is 0.352 e. The maximum absolute atomic E-state index is 5.01. The average Bonchev–Trinajstić information content (AvgIpc) is 3.07. The molecule has 0 spiro atoms. The summed E-state index contributed by atoms with van der Waals surface area (Å²) >= 11 is 0. The molecule has 0 saturated carbocycles. The van der Waals surface area contributed by atoms with Crippen LogP contribution in [0.5, 0.6) is 0 Å². The van der Waals surface area contributed by atoms with Crippen LogP contribution >= 0.6 is 0 Å². The summed E-state index contributed by atoms with van der Waals surface area (Å²) in [5.74, 6) is 2.20. The van der Waals surface area contributed by atoms with Crippen LogP contribution in [0.15, 0.2) is 22.9 Å². The molecule has 7 heteroatoms. The summed E-state index contributed by atoms with van der Waals surface area (Å²) in [6, 6.07) is 3.98. The topological polar surface area (TPSA) is 72.4 Å². The van der Waals surface area contributed by atoms with Gasteiger partial charge >= 0.3 is 0 Å². The van der Waals surface area contributed by atoms with Gasteiger partial charge in [0, 0.05) is 31.8 Å². The summed E-state index contributed by atoms with van der Waals surface area (Å²) in [6.07, 6.45) is 3.77. The van der Waals surface area contributed by atoms with Crippen LogP contribution in [0, 0.1) is 6.92 Å². The van der Waals surface area contributed by atoms with Crippen molar-refractivity contribution in [3.63, 3.8) is 0 Å². The minimum atomic E-state index is 0.557. The Morgan fingerprint density at radius 3 is 2.90 bits per heavy atom. The van der Waals surface area contributed by atoms with Crippen molar-refractivity contribution in [2.24, 2.45) is 0 Å². The maximum Gasteiger partial charge on any atom is 0.223 e. The fourth-order valence-electron chi connectivity index (χ4n) is 2.30. The lowest BCUT2D eigenvalue weighted by Gasteiger charge is -2.19. The van der Waals surface area contributed by atoms with Crippen LogP contribution in [-0.4, -0.2) is 31.8 Å². The fourth-order valence-corrected chi connectivity index (χ4v) is 2.30. The highest BCUT2D eigenvalue weighted by Crippen LogP contribution is 2.18. The number of fused-ring (bicyclic) bond motifs is 1. The molecule has 0 aliphatic carbocycles. The highest BCUT2D eigenvalue weighted by atomic mass is 16.5. The summed E-state index contributed by atoms with van der Waals surface area (Å²) in [5.41, 5.74) is 1.92. The van der Waals surface area contributed by atoms with E-state index in [1.54, 1.807) is 13.1 Å². The molecule has 0 aliphatic heterocycles. The summed E-state index contributed by atoms with van der Waals surface area (Å²) < 4.78 is 6.84. The number of hydrogen-bond donors (Lipinski definition) is 0. The zero-order valence-corrected chi connectivity index (χ0v) is 12.4. The Kier molecular flexibility index (Phi) is 3.55. The van der Waals surface area contributed by atoms with Gasteiger partial charge in [-0.1, -0.05) is 18.5 Å². The van der Waals surface area contributed by atoms with Crippen LogP contribution in [0.3, 0.4) is 0 Å². The lowest BCUT2D eigenvalue weighted by Crippen LogP contribution is -2.21. The molecule has 0 radical (unpaired) electrons. The van der Waals surface area contributed by atoms with Crippen LogP contribution in [0.2, 0.25) is 0 Å². The van der Waals surface area contributed by atoms with Gasteiger partial charge in [-0.05, 0) is 6.42 Å². The Hall–Kier alpha value is -2.44. The summed E-state index contributed by atoms with van der Waals surface area (Å²) in [5, 5.41) is 8.27. The molecule has 0 fully saturated rings. The second-order valence-corrected chi connectivity index (χ2v) is 5.04. The van der Waals surface area contributed by atoms with Gasteiger partial charge in [0.25, 0.3) is 0 Å². The molecular weight excluding hydrogens is 268 g/mol. The Labute approximate surface area is 122 Å². The number of rotatable bonds is 5. The molecular formula is C14H18N6O. The van der Waals surface area contributed by atoms with E-state index in [9.17, 15) is 0 Å². The van der Waals surface area contributed by atoms with Crippen LogP contribution in [0.25, 0.3) is 5.65 Å². The molecule has 0 bridgehead atoms. The van der Waals surface area contributed by atoms with Crippen molar-refractivity contribution in [3.8, 4) is 0 Å². The number of nitrogens with zero attached hydrogens (tertiary/aromatic N) is 6. The quantitative estimate of drug-likeness (QED) is 0.714. The fraction of sp³-hybridized carbons (Fsp3) is 0.429. The van der Waals surface area contributed by atoms with E-state index in [0.717, 1.165) is 30.0 Å². The van der Waals surface area contributed by atoms with Crippen molar-refractivity contribution in [1.82, 2.24) is 24.7 Å². The maximum atomic E-state index is 5.01. The third-order valence-electron chi connectivity index (χ3n) is 3.24. The molecule has 3 aromatic heterocycles. The Morgan fingerprint density at radius 1 is 1.33 bits per heavy atom. The minimum Gasteiger partial charge on any atom is -0.352 e. The van der Waals surface area contributed by atoms with Gasteiger partial charge < -0.3 is 9.42 Å². The number of hydrogen-bond acceptors (Lipinski definition) is 6. The van der Waals surface area contributed by atoms with Gasteiger partial charge in [-0.2, -0.15) is 14.6 Å². The van der Waals surface area contributed by atoms with E-state index in [1.165, 1.54) is 0 Å². The van der Waals surface area contributed by atoms with Gasteiger partial charge in [-0.15, -0.1) is 0 Å². The third-order valence-corrected chi connectivity index (χ3v) is 3.24. The molecule has 110 valence electrons. The standard InChI is InChI=1S/C14H18N6O/c1-4-5-11-8-14(20-13(17-11)6-7-15-20)19(3)9-12-16-10(2)21-18-12/h6-8H,4-5,9H2,1-3H3. The van der Waals surface area contributed by atoms with Gasteiger partial charge in [0.05, 0.1) is 12.7 Å². The molecule has 0 N–H and O–H groups in total. The van der Waals surface area contributed by atoms with E-state index >= 15 is 0 Å².